The van der Waals surface area contributed by atoms with Crippen LogP contribution in [0.3, 0.4) is 0 Å². The van der Waals surface area contributed by atoms with Crippen LogP contribution in [0.1, 0.15) is 104 Å². The molecule has 17 nitrogen and oxygen atoms in total. The van der Waals surface area contributed by atoms with E-state index in [1.807, 2.05) is 6.92 Å². The monoisotopic (exact) mass is 837 g/mol. The van der Waals surface area contributed by atoms with Gasteiger partial charge in [-0.2, -0.15) is 0 Å². The van der Waals surface area contributed by atoms with Gasteiger partial charge in [-0.15, -0.1) is 11.8 Å². The maximum absolute atomic E-state index is 12.9. The van der Waals surface area contributed by atoms with E-state index < -0.39 is 17.2 Å². The van der Waals surface area contributed by atoms with Crippen molar-refractivity contribution in [3.63, 3.8) is 0 Å². The Hall–Kier alpha value is -3.74. The van der Waals surface area contributed by atoms with Crippen LogP contribution in [0.5, 0.6) is 0 Å². The highest BCUT2D eigenvalue weighted by atomic mass is 32.2. The van der Waals surface area contributed by atoms with Crippen LogP contribution < -0.4 is 21.7 Å². The third-order valence-electron chi connectivity index (χ3n) is 10.2. The van der Waals surface area contributed by atoms with E-state index in [4.69, 9.17) is 10.5 Å². The van der Waals surface area contributed by atoms with Crippen LogP contribution in [0.15, 0.2) is 0 Å². The number of unbranched alkanes of at least 4 members (excludes halogenated alkanes) is 1. The Labute approximate surface area is 347 Å². The van der Waals surface area contributed by atoms with E-state index in [9.17, 15) is 43.2 Å². The lowest BCUT2D eigenvalue weighted by molar-refractivity contribution is -0.138. The van der Waals surface area contributed by atoms with Gasteiger partial charge in [-0.1, -0.05) is 13.8 Å². The van der Waals surface area contributed by atoms with Crippen LogP contribution in [0.2, 0.25) is 0 Å². The van der Waals surface area contributed by atoms with Gasteiger partial charge in [-0.25, -0.2) is 0 Å². The number of ketones is 3. The minimum Gasteiger partial charge on any atom is -0.381 e. The third-order valence-corrected chi connectivity index (χ3v) is 11.4. The zero-order valence-corrected chi connectivity index (χ0v) is 35.6. The van der Waals surface area contributed by atoms with Crippen LogP contribution in [-0.2, 0) is 47.9 Å². The van der Waals surface area contributed by atoms with E-state index in [1.54, 1.807) is 6.92 Å². The summed E-state index contributed by atoms with van der Waals surface area (Å²) in [5.41, 5.74) is 5.37. The molecule has 6 amide bonds. The first kappa shape index (κ1) is 50.4. The molecule has 58 heavy (non-hydrogen) atoms. The highest BCUT2D eigenvalue weighted by molar-refractivity contribution is 8.00. The summed E-state index contributed by atoms with van der Waals surface area (Å²) >= 11 is 1.33. The van der Waals surface area contributed by atoms with E-state index in [0.29, 0.717) is 76.8 Å². The smallest absolute Gasteiger partial charge is 0.242 e. The molecule has 18 heteroatoms. The topological polar surface area (TPSA) is 235 Å². The molecule has 0 aromatic rings. The number of hydrogen-bond donors (Lipinski definition) is 4. The summed E-state index contributed by atoms with van der Waals surface area (Å²) in [5.74, 6) is -1.37. The number of likely N-dealkylation sites (tertiary alicyclic amines) is 1. The molecule has 2 aliphatic rings. The molecular weight excluding hydrogens is 771 g/mol. The van der Waals surface area contributed by atoms with Crippen LogP contribution in [0, 0.1) is 5.92 Å². The highest BCUT2D eigenvalue weighted by Gasteiger charge is 2.38. The lowest BCUT2D eigenvalue weighted by atomic mass is 9.98. The number of piperazine rings is 1. The molecule has 5 N–H and O–H groups in total. The molecule has 0 aliphatic carbocycles. The molecule has 0 aromatic heterocycles. The van der Waals surface area contributed by atoms with Crippen molar-refractivity contribution in [3.05, 3.63) is 0 Å². The second-order valence-electron chi connectivity index (χ2n) is 15.1. The van der Waals surface area contributed by atoms with Crippen molar-refractivity contribution in [1.29, 1.82) is 0 Å². The summed E-state index contributed by atoms with van der Waals surface area (Å²) in [6.45, 7) is 10.7. The summed E-state index contributed by atoms with van der Waals surface area (Å²) in [5, 5.41) is 7.77. The van der Waals surface area contributed by atoms with Gasteiger partial charge in [0.1, 0.15) is 23.4 Å². The fourth-order valence-corrected chi connectivity index (χ4v) is 7.53. The zero-order chi connectivity index (χ0) is 42.9. The number of nitrogens with two attached hydrogens (primary N) is 1. The fraction of sp³-hybridized carbons (Fsp3) is 0.775. The van der Waals surface area contributed by atoms with E-state index in [-0.39, 0.29) is 98.2 Å². The first-order chi connectivity index (χ1) is 27.7. The van der Waals surface area contributed by atoms with Crippen molar-refractivity contribution in [2.45, 2.75) is 116 Å². The minimum atomic E-state index is -0.722. The molecule has 2 rings (SSSR count). The number of amides is 6. The molecule has 3 atom stereocenters. The first-order valence-corrected chi connectivity index (χ1v) is 21.9. The average Bonchev–Trinajstić information content (AvgIpc) is 3.44. The number of primary amides is 1. The molecule has 0 bridgehead atoms. The highest BCUT2D eigenvalue weighted by Crippen LogP contribution is 2.25. The van der Waals surface area contributed by atoms with Gasteiger partial charge in [0.05, 0.1) is 18.4 Å². The molecule has 2 saturated heterocycles. The number of Topliss-reactive ketones (excluding diaryl/α,β-unsaturated/α-hetero) is 3. The van der Waals surface area contributed by atoms with Crippen molar-refractivity contribution in [1.82, 2.24) is 30.7 Å². The second-order valence-corrected chi connectivity index (χ2v) is 16.5. The fourth-order valence-electron chi connectivity index (χ4n) is 6.50. The molecule has 328 valence electrons. The second kappa shape index (κ2) is 28.6. The van der Waals surface area contributed by atoms with Gasteiger partial charge in [0.25, 0.3) is 0 Å². The molecule has 0 spiro atoms. The number of carbonyl (C=O) groups excluding carboxylic acids is 9. The van der Waals surface area contributed by atoms with Crippen molar-refractivity contribution in [2.24, 2.45) is 11.7 Å². The van der Waals surface area contributed by atoms with Gasteiger partial charge in [-0.3, -0.25) is 53.0 Å². The van der Waals surface area contributed by atoms with E-state index in [1.165, 1.54) is 18.7 Å². The number of carbonyl (C=O) groups is 9. The van der Waals surface area contributed by atoms with Crippen LogP contribution in [0.4, 0.5) is 0 Å². The molecule has 2 aliphatic heterocycles. The number of nitrogens with zero attached hydrogens (tertiary/aromatic N) is 3. The quantitative estimate of drug-likeness (QED) is 0.0542. The van der Waals surface area contributed by atoms with Crippen LogP contribution in [-0.4, -0.2) is 157 Å². The Morgan fingerprint density at radius 3 is 2.17 bits per heavy atom. The molecule has 0 radical (unpaired) electrons. The first-order valence-electron chi connectivity index (χ1n) is 20.8. The number of imide groups is 1. The maximum Gasteiger partial charge on any atom is 0.242 e. The summed E-state index contributed by atoms with van der Waals surface area (Å²) in [6, 6.07) is -0.722. The normalized spacial score (nSPS) is 17.2. The maximum atomic E-state index is 12.9. The van der Waals surface area contributed by atoms with Gasteiger partial charge in [-0.05, 0) is 52.0 Å². The Kier molecular flexibility index (Phi) is 24.9. The summed E-state index contributed by atoms with van der Waals surface area (Å²) in [7, 11) is 0. The third kappa shape index (κ3) is 21.3. The van der Waals surface area contributed by atoms with Crippen molar-refractivity contribution in [2.75, 3.05) is 77.9 Å². The number of rotatable bonds is 32. The molecule has 0 aromatic carbocycles. The van der Waals surface area contributed by atoms with Crippen molar-refractivity contribution < 1.29 is 47.9 Å². The predicted octanol–water partition coefficient (Wildman–Crippen LogP) is 0.748. The van der Waals surface area contributed by atoms with Crippen LogP contribution in [0.25, 0.3) is 0 Å². The summed E-state index contributed by atoms with van der Waals surface area (Å²) in [6.07, 6.45) is 5.13. The van der Waals surface area contributed by atoms with Gasteiger partial charge in [0.15, 0.2) is 0 Å². The lowest BCUT2D eigenvalue weighted by Crippen LogP contribution is -2.49. The molecule has 2 fully saturated rings. The summed E-state index contributed by atoms with van der Waals surface area (Å²) in [4.78, 5) is 115. The Morgan fingerprint density at radius 2 is 1.48 bits per heavy atom. The van der Waals surface area contributed by atoms with E-state index in [2.05, 4.69) is 25.8 Å². The standard InChI is InChI=1S/C40H67N7O10S/c1-4-9-36(52)44-33(39(41)55)12-5-6-15-42-35(51)14-24-57-23-8-11-31(49)13-18-47-38(54)27-34(40(47)56)58-25-16-43-37(53)28-46-21-19-45(20-22-46)17-7-10-32(50)26-29(2)30(3)48/h29,33-34H,4-28H2,1-3H3,(H2,41,55)(H,42,51)(H,43,53)(H,44,52)/t29-,33+,34?/m1/s1. The molecule has 2 heterocycles. The van der Waals surface area contributed by atoms with Crippen molar-refractivity contribution in [3.8, 4) is 0 Å². The SMILES string of the molecule is CCCC(=O)N[C@@H](CCCCNC(=O)CCOCCCC(=O)CCN1C(=O)CC(SCCNC(=O)CN2CCN(CCCC(=O)C[C@@H](C)C(C)=O)CC2)C1=O)C(N)=O. The van der Waals surface area contributed by atoms with Gasteiger partial charge in [0, 0.05) is 109 Å². The Balaban J connectivity index is 1.47. The van der Waals surface area contributed by atoms with Gasteiger partial charge < -0.3 is 31.3 Å². The number of thioether (sulfide) groups is 1. The van der Waals surface area contributed by atoms with E-state index >= 15 is 0 Å². The van der Waals surface area contributed by atoms with E-state index in [0.717, 1.165) is 44.0 Å². The molecule has 1 unspecified atom stereocenters. The predicted molar refractivity (Wildman–Crippen MR) is 219 cm³/mol. The van der Waals surface area contributed by atoms with Gasteiger partial charge in [0.2, 0.25) is 35.4 Å². The number of ether oxygens (including phenoxy) is 1. The number of hydrogen-bond acceptors (Lipinski definition) is 13. The molecule has 0 saturated carbocycles. The zero-order valence-electron chi connectivity index (χ0n) is 34.8. The van der Waals surface area contributed by atoms with Crippen molar-refractivity contribution >= 4 is 64.6 Å². The average molecular weight is 838 g/mol. The lowest BCUT2D eigenvalue weighted by Gasteiger charge is -2.34. The van der Waals surface area contributed by atoms with Gasteiger partial charge >= 0.3 is 0 Å². The Morgan fingerprint density at radius 1 is 0.793 bits per heavy atom. The van der Waals surface area contributed by atoms with Crippen LogP contribution >= 0.6 is 11.8 Å². The number of nitrogens with one attached hydrogen (secondary N) is 3. The molecular formula is C40H67N7O10S. The largest absolute Gasteiger partial charge is 0.381 e. The Bertz CT molecular complexity index is 1390. The minimum absolute atomic E-state index is 0.0355. The summed E-state index contributed by atoms with van der Waals surface area (Å²) < 4.78 is 5.48.